The summed E-state index contributed by atoms with van der Waals surface area (Å²) in [6.45, 7) is 10.9. The fraction of sp³-hybridized carbons (Fsp3) is 0.500. The first kappa shape index (κ1) is 50.4. The molecule has 4 saturated heterocycles. The number of carbonyl (C=O) groups is 6. The molecule has 4 aliphatic heterocycles. The second-order valence-electron chi connectivity index (χ2n) is 18.6. The monoisotopic (exact) mass is 988 g/mol. The lowest BCUT2D eigenvalue weighted by Crippen LogP contribution is -2.49. The Morgan fingerprint density at radius 3 is 1.63 bits per heavy atom. The van der Waals surface area contributed by atoms with Gasteiger partial charge in [-0.3, -0.25) is 29.0 Å². The molecular weight excluding hydrogens is 930 g/mol. The number of ether oxygens (including phenoxy) is 2. The largest absolute Gasteiger partial charge is 0.484 e. The smallest absolute Gasteiger partial charge is 0.416 e. The topological polar surface area (TPSA) is 200 Å². The zero-order valence-electron chi connectivity index (χ0n) is 40.0. The Hall–Kier alpha value is -7.01. The summed E-state index contributed by atoms with van der Waals surface area (Å²) in [5.41, 5.74) is 1.60. The molecule has 2 unspecified atom stereocenters. The number of benzene rings is 2. The van der Waals surface area contributed by atoms with Crippen molar-refractivity contribution in [3.05, 3.63) is 83.2 Å². The van der Waals surface area contributed by atoms with Crippen molar-refractivity contribution in [2.45, 2.75) is 52.9 Å². The van der Waals surface area contributed by atoms with E-state index in [1.807, 2.05) is 24.0 Å². The number of aryl methyl sites for hydroxylation is 1. The van der Waals surface area contributed by atoms with Crippen LogP contribution in [0.3, 0.4) is 0 Å². The van der Waals surface area contributed by atoms with E-state index in [4.69, 9.17) is 9.47 Å². The van der Waals surface area contributed by atoms with E-state index < -0.39 is 18.3 Å². The summed E-state index contributed by atoms with van der Waals surface area (Å²) < 4.78 is 55.8. The number of amides is 6. The van der Waals surface area contributed by atoms with Crippen LogP contribution in [0.4, 0.5) is 34.4 Å². The van der Waals surface area contributed by atoms with E-state index in [0.717, 1.165) is 40.8 Å². The van der Waals surface area contributed by atoms with Gasteiger partial charge in [-0.25, -0.2) is 9.59 Å². The number of nitrogens with zero attached hydrogens (tertiary/aromatic N) is 10. The van der Waals surface area contributed by atoms with Gasteiger partial charge in [0.05, 0.1) is 5.56 Å². The molecule has 23 heteroatoms. The number of rotatable bonds is 13. The number of aromatic nitrogens is 4. The van der Waals surface area contributed by atoms with Crippen LogP contribution in [0, 0.1) is 18.8 Å². The average molecular weight is 989 g/mol. The van der Waals surface area contributed by atoms with E-state index in [0.29, 0.717) is 102 Å². The predicted octanol–water partition coefficient (Wildman–Crippen LogP) is 4.05. The number of likely N-dealkylation sites (tertiary alicyclic amines) is 2. The minimum atomic E-state index is -4.62. The van der Waals surface area contributed by atoms with Crippen LogP contribution in [0.2, 0.25) is 0 Å². The second kappa shape index (κ2) is 22.0. The fourth-order valence-electron chi connectivity index (χ4n) is 9.60. The number of hydrogen-bond acceptors (Lipinski definition) is 12. The van der Waals surface area contributed by atoms with Crippen LogP contribution in [0.15, 0.2) is 60.9 Å². The summed E-state index contributed by atoms with van der Waals surface area (Å²) in [5.74, 6) is 0.401. The van der Waals surface area contributed by atoms with Crippen LogP contribution < -0.4 is 20.1 Å². The predicted molar refractivity (Wildman–Crippen MR) is 251 cm³/mol. The first-order chi connectivity index (χ1) is 33.9. The lowest BCUT2D eigenvalue weighted by molar-refractivity contribution is -0.137. The Labute approximate surface area is 408 Å². The Balaban J connectivity index is 0.769. The number of piperazine rings is 2. The number of carbonyl (C=O) groups excluding carboxylic acids is 6. The van der Waals surface area contributed by atoms with E-state index >= 15 is 0 Å². The molecule has 2 atom stereocenters. The molecular formula is C48H59F3N12O8. The van der Waals surface area contributed by atoms with E-state index in [-0.39, 0.29) is 72.2 Å². The summed E-state index contributed by atoms with van der Waals surface area (Å²) >= 11 is 0. The molecule has 8 rings (SSSR count). The van der Waals surface area contributed by atoms with Crippen LogP contribution in [0.25, 0.3) is 0 Å². The zero-order chi connectivity index (χ0) is 50.4. The van der Waals surface area contributed by atoms with Gasteiger partial charge in [0, 0.05) is 136 Å². The molecule has 6 heterocycles. The standard InChI is InChI=1S/C48H59F3N12O8/c1-32-22-35(26-56-14-18-58(19-15-56)46(68)62-12-8-42(54-62)52-33(2)64)24-40(23-32)70-30-44(66)60-10-6-36(28-60)37-7-11-61(29-37)45(67)31-71-41-25-39(48(49,50)51)5-4-38(41)27-57-16-20-59(21-17-57)47(69)63-13-9-43(55-63)53-34(3)65/h4-5,8-9,12-13,22-25,36-37H,6-7,10-11,14-21,26-31H2,1-3H3,(H,52,54,64)(H,53,55,65). The van der Waals surface area contributed by atoms with Gasteiger partial charge in [0.2, 0.25) is 11.8 Å². The van der Waals surface area contributed by atoms with Crippen LogP contribution in [-0.4, -0.2) is 176 Å². The molecule has 2 aromatic heterocycles. The first-order valence-electron chi connectivity index (χ1n) is 23.8. The van der Waals surface area contributed by atoms with Crippen LogP contribution >= 0.6 is 0 Å². The molecule has 2 N–H and O–H groups in total. The van der Waals surface area contributed by atoms with Crippen molar-refractivity contribution in [1.29, 1.82) is 0 Å². The zero-order valence-corrected chi connectivity index (χ0v) is 40.0. The van der Waals surface area contributed by atoms with E-state index in [9.17, 15) is 41.9 Å². The minimum absolute atomic E-state index is 0.0325. The van der Waals surface area contributed by atoms with Gasteiger partial charge in [-0.2, -0.15) is 22.5 Å². The number of halogens is 3. The summed E-state index contributed by atoms with van der Waals surface area (Å²) in [5, 5.41) is 13.3. The van der Waals surface area contributed by atoms with Gasteiger partial charge >= 0.3 is 18.2 Å². The highest BCUT2D eigenvalue weighted by Crippen LogP contribution is 2.35. The molecule has 71 heavy (non-hydrogen) atoms. The molecule has 4 aromatic rings. The van der Waals surface area contributed by atoms with Crippen molar-refractivity contribution in [3.63, 3.8) is 0 Å². The van der Waals surface area contributed by atoms with Crippen molar-refractivity contribution >= 4 is 47.3 Å². The van der Waals surface area contributed by atoms with Gasteiger partial charge < -0.3 is 39.7 Å². The third-order valence-electron chi connectivity index (χ3n) is 13.3. The summed E-state index contributed by atoms with van der Waals surface area (Å²) in [4.78, 5) is 86.7. The normalized spacial score (nSPS) is 19.0. The van der Waals surface area contributed by atoms with Gasteiger partial charge in [0.25, 0.3) is 11.8 Å². The molecule has 380 valence electrons. The lowest BCUT2D eigenvalue weighted by Gasteiger charge is -2.34. The Kier molecular flexibility index (Phi) is 15.6. The number of hydrogen-bond donors (Lipinski definition) is 2. The highest BCUT2D eigenvalue weighted by Gasteiger charge is 2.38. The van der Waals surface area contributed by atoms with Gasteiger partial charge in [-0.1, -0.05) is 12.1 Å². The van der Waals surface area contributed by atoms with E-state index in [1.165, 1.54) is 43.1 Å². The SMILES string of the molecule is CC(=O)Nc1ccn(C(=O)N2CCN(Cc3cc(C)cc(OCC(=O)N4CCC(C5CCN(C(=O)COc6cc(C(F)(F)F)ccc6CN6CCN(C(=O)n7ccc(NC(C)=O)n7)CC6)C5)C4)c3)CC2)n1. The highest BCUT2D eigenvalue weighted by molar-refractivity contribution is 5.88. The molecule has 0 spiro atoms. The van der Waals surface area contributed by atoms with E-state index in [2.05, 4.69) is 31.8 Å². The van der Waals surface area contributed by atoms with Gasteiger partial charge in [0.15, 0.2) is 24.8 Å². The van der Waals surface area contributed by atoms with Crippen molar-refractivity contribution in [3.8, 4) is 11.5 Å². The molecule has 4 aliphatic rings. The lowest BCUT2D eigenvalue weighted by atomic mass is 9.91. The summed E-state index contributed by atoms with van der Waals surface area (Å²) in [7, 11) is 0. The maximum atomic E-state index is 13.8. The molecule has 4 fully saturated rings. The summed E-state index contributed by atoms with van der Waals surface area (Å²) in [6, 6.07) is 11.7. The molecule has 6 amide bonds. The van der Waals surface area contributed by atoms with Gasteiger partial charge in [0.1, 0.15) is 11.5 Å². The molecule has 0 aliphatic carbocycles. The van der Waals surface area contributed by atoms with Gasteiger partial charge in [-0.05, 0) is 67.0 Å². The van der Waals surface area contributed by atoms with E-state index in [1.54, 1.807) is 25.7 Å². The van der Waals surface area contributed by atoms with Crippen molar-refractivity contribution < 1.29 is 51.4 Å². The number of anilines is 2. The van der Waals surface area contributed by atoms with Crippen LogP contribution in [0.5, 0.6) is 11.5 Å². The Morgan fingerprint density at radius 2 is 1.13 bits per heavy atom. The van der Waals surface area contributed by atoms with Crippen molar-refractivity contribution in [2.24, 2.45) is 11.8 Å². The second-order valence-corrected chi connectivity index (χ2v) is 18.6. The third-order valence-corrected chi connectivity index (χ3v) is 13.3. The number of nitrogens with one attached hydrogen (secondary N) is 2. The van der Waals surface area contributed by atoms with Crippen molar-refractivity contribution in [2.75, 3.05) is 102 Å². The maximum absolute atomic E-state index is 13.8. The van der Waals surface area contributed by atoms with Gasteiger partial charge in [-0.15, -0.1) is 10.2 Å². The third kappa shape index (κ3) is 13.1. The quantitative estimate of drug-likeness (QED) is 0.195. The minimum Gasteiger partial charge on any atom is -0.484 e. The Bertz CT molecular complexity index is 2600. The molecule has 0 saturated carbocycles. The van der Waals surface area contributed by atoms with Crippen LogP contribution in [0.1, 0.15) is 48.9 Å². The fourth-order valence-corrected chi connectivity index (χ4v) is 9.60. The molecule has 2 aromatic carbocycles. The molecule has 0 bridgehead atoms. The first-order valence-corrected chi connectivity index (χ1v) is 23.8. The Morgan fingerprint density at radius 1 is 0.620 bits per heavy atom. The van der Waals surface area contributed by atoms with Crippen molar-refractivity contribution in [1.82, 2.24) is 49.0 Å². The average Bonchev–Trinajstić information content (AvgIpc) is 4.18. The summed E-state index contributed by atoms with van der Waals surface area (Å²) in [6.07, 6.45) is -0.123. The molecule has 20 nitrogen and oxygen atoms in total. The number of alkyl halides is 3. The highest BCUT2D eigenvalue weighted by atomic mass is 19.4. The maximum Gasteiger partial charge on any atom is 0.416 e. The van der Waals surface area contributed by atoms with Crippen LogP contribution in [-0.2, 0) is 38.4 Å². The molecule has 0 radical (unpaired) electrons.